The predicted octanol–water partition coefficient (Wildman–Crippen LogP) is 3.19. The number of rotatable bonds is 10. The Morgan fingerprint density at radius 2 is 1.69 bits per heavy atom. The van der Waals surface area contributed by atoms with Crippen molar-refractivity contribution >= 4 is 29.9 Å². The van der Waals surface area contributed by atoms with E-state index in [1.165, 1.54) is 0 Å². The predicted molar refractivity (Wildman–Crippen MR) is 132 cm³/mol. The van der Waals surface area contributed by atoms with Gasteiger partial charge < -0.3 is 39.1 Å². The normalized spacial score (nSPS) is 11.9. The number of hydrogen-bond acceptors (Lipinski definition) is 7. The minimum Gasteiger partial charge on any atom is -0.493 e. The molecular formula is C22H30IN3O6. The lowest BCUT2D eigenvalue weighted by molar-refractivity contribution is 0.173. The van der Waals surface area contributed by atoms with Crippen molar-refractivity contribution in [3.05, 3.63) is 35.9 Å². The van der Waals surface area contributed by atoms with Gasteiger partial charge in [0.2, 0.25) is 12.5 Å². The third-order valence-electron chi connectivity index (χ3n) is 4.50. The van der Waals surface area contributed by atoms with Crippen LogP contribution in [0.1, 0.15) is 12.5 Å². The number of hydrogen-bond donors (Lipinski definition) is 2. The van der Waals surface area contributed by atoms with Gasteiger partial charge in [-0.25, -0.2) is 4.99 Å². The SMILES string of the molecule is CCNC(=NCc1cc(OC)c(OC)c(OC)c1)NCCOc1ccc2c(c1)OCO2.I. The molecule has 0 spiro atoms. The molecule has 0 unspecified atom stereocenters. The maximum absolute atomic E-state index is 5.78. The molecule has 3 rings (SSSR count). The average Bonchev–Trinajstić information content (AvgIpc) is 3.27. The first-order valence-electron chi connectivity index (χ1n) is 10.0. The highest BCUT2D eigenvalue weighted by molar-refractivity contribution is 14.0. The molecule has 1 heterocycles. The molecule has 0 aromatic heterocycles. The van der Waals surface area contributed by atoms with Crippen LogP contribution < -0.4 is 39.1 Å². The number of ether oxygens (including phenoxy) is 6. The van der Waals surface area contributed by atoms with Crippen LogP contribution in [0, 0.1) is 0 Å². The molecule has 9 nitrogen and oxygen atoms in total. The summed E-state index contributed by atoms with van der Waals surface area (Å²) >= 11 is 0. The third kappa shape index (κ3) is 6.62. The van der Waals surface area contributed by atoms with E-state index >= 15 is 0 Å². The number of methoxy groups -OCH3 is 3. The van der Waals surface area contributed by atoms with Crippen molar-refractivity contribution in [1.29, 1.82) is 0 Å². The number of benzene rings is 2. The zero-order valence-electron chi connectivity index (χ0n) is 18.7. The van der Waals surface area contributed by atoms with Crippen LogP contribution in [0.5, 0.6) is 34.5 Å². The van der Waals surface area contributed by atoms with Crippen molar-refractivity contribution < 1.29 is 28.4 Å². The molecule has 32 heavy (non-hydrogen) atoms. The van der Waals surface area contributed by atoms with Crippen LogP contribution >= 0.6 is 24.0 Å². The van der Waals surface area contributed by atoms with Gasteiger partial charge in [0.05, 0.1) is 34.4 Å². The second-order valence-corrected chi connectivity index (χ2v) is 6.52. The number of aliphatic imine (C=N–C) groups is 1. The van der Waals surface area contributed by atoms with E-state index in [2.05, 4.69) is 15.6 Å². The summed E-state index contributed by atoms with van der Waals surface area (Å²) in [5, 5.41) is 6.49. The molecule has 2 N–H and O–H groups in total. The summed E-state index contributed by atoms with van der Waals surface area (Å²) < 4.78 is 32.6. The van der Waals surface area contributed by atoms with Crippen molar-refractivity contribution in [3.63, 3.8) is 0 Å². The molecule has 0 fully saturated rings. The summed E-state index contributed by atoms with van der Waals surface area (Å²) in [5.41, 5.74) is 0.934. The first kappa shape index (κ1) is 25.5. The lowest BCUT2D eigenvalue weighted by Gasteiger charge is -2.14. The van der Waals surface area contributed by atoms with Crippen molar-refractivity contribution in [1.82, 2.24) is 10.6 Å². The Hall–Kier alpha value is -2.76. The van der Waals surface area contributed by atoms with Crippen LogP contribution in [0.25, 0.3) is 0 Å². The van der Waals surface area contributed by atoms with E-state index in [1.807, 2.05) is 37.3 Å². The largest absolute Gasteiger partial charge is 0.493 e. The Bertz CT molecular complexity index is 884. The summed E-state index contributed by atoms with van der Waals surface area (Å²) in [4.78, 5) is 4.63. The molecule has 0 bridgehead atoms. The Morgan fingerprint density at radius 3 is 2.34 bits per heavy atom. The van der Waals surface area contributed by atoms with Crippen molar-refractivity contribution in [2.24, 2.45) is 4.99 Å². The summed E-state index contributed by atoms with van der Waals surface area (Å²) in [6, 6.07) is 9.30. The van der Waals surface area contributed by atoms with Crippen LogP contribution in [0.15, 0.2) is 35.3 Å². The van der Waals surface area contributed by atoms with E-state index in [1.54, 1.807) is 21.3 Å². The molecule has 0 saturated carbocycles. The summed E-state index contributed by atoms with van der Waals surface area (Å²) in [6.07, 6.45) is 0. The van der Waals surface area contributed by atoms with Gasteiger partial charge in [-0.15, -0.1) is 24.0 Å². The summed E-state index contributed by atoms with van der Waals surface area (Å²) in [7, 11) is 4.77. The number of halogens is 1. The summed E-state index contributed by atoms with van der Waals surface area (Å²) in [5.74, 6) is 4.60. The zero-order valence-corrected chi connectivity index (χ0v) is 21.1. The fraction of sp³-hybridized carbons (Fsp3) is 0.409. The lowest BCUT2D eigenvalue weighted by atomic mass is 10.2. The van der Waals surface area contributed by atoms with Gasteiger partial charge in [0.1, 0.15) is 12.4 Å². The van der Waals surface area contributed by atoms with Crippen LogP contribution in [0.2, 0.25) is 0 Å². The lowest BCUT2D eigenvalue weighted by Crippen LogP contribution is -2.39. The van der Waals surface area contributed by atoms with Gasteiger partial charge in [-0.3, -0.25) is 0 Å². The molecule has 0 atom stereocenters. The Kier molecular flexibility index (Phi) is 10.3. The van der Waals surface area contributed by atoms with Crippen LogP contribution in [0.3, 0.4) is 0 Å². The topological polar surface area (TPSA) is 91.8 Å². The van der Waals surface area contributed by atoms with Gasteiger partial charge in [-0.2, -0.15) is 0 Å². The average molecular weight is 559 g/mol. The minimum absolute atomic E-state index is 0. The second-order valence-electron chi connectivity index (χ2n) is 6.52. The molecule has 10 heteroatoms. The maximum atomic E-state index is 5.78. The van der Waals surface area contributed by atoms with Crippen LogP contribution in [0.4, 0.5) is 0 Å². The van der Waals surface area contributed by atoms with E-state index in [9.17, 15) is 0 Å². The zero-order chi connectivity index (χ0) is 22.1. The Morgan fingerprint density at radius 1 is 0.969 bits per heavy atom. The van der Waals surface area contributed by atoms with E-state index in [0.717, 1.165) is 23.6 Å². The monoisotopic (exact) mass is 559 g/mol. The fourth-order valence-corrected chi connectivity index (χ4v) is 3.04. The highest BCUT2D eigenvalue weighted by Gasteiger charge is 2.14. The highest BCUT2D eigenvalue weighted by Crippen LogP contribution is 2.38. The van der Waals surface area contributed by atoms with Crippen LogP contribution in [-0.2, 0) is 6.54 Å². The van der Waals surface area contributed by atoms with Gasteiger partial charge in [0.15, 0.2) is 29.0 Å². The number of nitrogens with one attached hydrogen (secondary N) is 2. The van der Waals surface area contributed by atoms with Crippen LogP contribution in [-0.4, -0.2) is 53.8 Å². The summed E-state index contributed by atoms with van der Waals surface area (Å²) in [6.45, 7) is 4.48. The fourth-order valence-electron chi connectivity index (χ4n) is 3.04. The maximum Gasteiger partial charge on any atom is 0.231 e. The standard InChI is InChI=1S/C22H29N3O6.HI/c1-5-23-22(24-8-9-29-16-6-7-17-18(12-16)31-14-30-17)25-13-15-10-19(26-2)21(28-4)20(11-15)27-3;/h6-7,10-12H,5,8-9,13-14H2,1-4H3,(H2,23,24,25);1H. The molecule has 0 saturated heterocycles. The first-order valence-corrected chi connectivity index (χ1v) is 10.0. The van der Waals surface area contributed by atoms with Gasteiger partial charge in [0.25, 0.3) is 0 Å². The quantitative estimate of drug-likeness (QED) is 0.199. The first-order chi connectivity index (χ1) is 15.2. The van der Waals surface area contributed by atoms with E-state index in [0.29, 0.717) is 48.7 Å². The molecule has 2 aromatic carbocycles. The van der Waals surface area contributed by atoms with Gasteiger partial charge >= 0.3 is 0 Å². The van der Waals surface area contributed by atoms with Crippen molar-refractivity contribution in [2.75, 3.05) is 47.8 Å². The highest BCUT2D eigenvalue weighted by atomic mass is 127. The molecule has 0 amide bonds. The molecule has 0 aliphatic carbocycles. The smallest absolute Gasteiger partial charge is 0.231 e. The van der Waals surface area contributed by atoms with Gasteiger partial charge in [-0.1, -0.05) is 0 Å². The molecular weight excluding hydrogens is 529 g/mol. The van der Waals surface area contributed by atoms with E-state index in [4.69, 9.17) is 28.4 Å². The molecule has 0 radical (unpaired) electrons. The van der Waals surface area contributed by atoms with Crippen molar-refractivity contribution in [3.8, 4) is 34.5 Å². The molecule has 1 aliphatic rings. The van der Waals surface area contributed by atoms with E-state index < -0.39 is 0 Å². The minimum atomic E-state index is 0. The van der Waals surface area contributed by atoms with Gasteiger partial charge in [0, 0.05) is 12.6 Å². The molecule has 2 aromatic rings. The Labute approximate surface area is 205 Å². The van der Waals surface area contributed by atoms with Crippen molar-refractivity contribution in [2.45, 2.75) is 13.5 Å². The Balaban J connectivity index is 0.00000363. The number of nitrogens with zero attached hydrogens (tertiary/aromatic N) is 1. The number of guanidine groups is 1. The second kappa shape index (κ2) is 12.9. The van der Waals surface area contributed by atoms with Gasteiger partial charge in [-0.05, 0) is 36.8 Å². The molecule has 1 aliphatic heterocycles. The number of fused-ring (bicyclic) bond motifs is 1. The van der Waals surface area contributed by atoms with E-state index in [-0.39, 0.29) is 30.8 Å². The third-order valence-corrected chi connectivity index (χ3v) is 4.50. The molecule has 176 valence electrons.